The SMILES string of the molecule is CC.CC.Cc1n[nH]c(C)c1C.Cc1noc(C)c1C. The Morgan fingerprint density at radius 3 is 1.35 bits per heavy atom. The van der Waals surface area contributed by atoms with E-state index >= 15 is 0 Å². The average molecular weight is 281 g/mol. The van der Waals surface area contributed by atoms with Crippen LogP contribution in [0.15, 0.2) is 4.52 Å². The Bertz CT molecular complexity index is 387. The van der Waals surface area contributed by atoms with E-state index in [1.165, 1.54) is 11.3 Å². The lowest BCUT2D eigenvalue weighted by Crippen LogP contribution is -1.73. The third-order valence-electron chi connectivity index (χ3n) is 2.89. The third kappa shape index (κ3) is 6.55. The minimum Gasteiger partial charge on any atom is -0.361 e. The van der Waals surface area contributed by atoms with Gasteiger partial charge in [0.1, 0.15) is 5.76 Å². The number of hydrogen-bond donors (Lipinski definition) is 1. The Kier molecular flexibility index (Phi) is 11.7. The van der Waals surface area contributed by atoms with Crippen molar-refractivity contribution in [3.63, 3.8) is 0 Å². The minimum atomic E-state index is 0.919. The van der Waals surface area contributed by atoms with Gasteiger partial charge in [0.25, 0.3) is 0 Å². The van der Waals surface area contributed by atoms with E-state index in [0.29, 0.717) is 0 Å². The molecular weight excluding hydrogens is 250 g/mol. The van der Waals surface area contributed by atoms with Crippen LogP contribution in [0.1, 0.15) is 61.7 Å². The van der Waals surface area contributed by atoms with Crippen molar-refractivity contribution < 1.29 is 4.52 Å². The maximum absolute atomic E-state index is 4.84. The second kappa shape index (κ2) is 11.3. The van der Waals surface area contributed by atoms with Gasteiger partial charge in [-0.1, -0.05) is 32.9 Å². The van der Waals surface area contributed by atoms with E-state index in [1.54, 1.807) is 0 Å². The van der Waals surface area contributed by atoms with E-state index in [4.69, 9.17) is 4.52 Å². The average Bonchev–Trinajstić information content (AvgIpc) is 2.94. The van der Waals surface area contributed by atoms with Gasteiger partial charge in [-0.25, -0.2) is 0 Å². The summed E-state index contributed by atoms with van der Waals surface area (Å²) in [5.74, 6) is 0.919. The molecule has 1 N–H and O–H groups in total. The quantitative estimate of drug-likeness (QED) is 0.740. The van der Waals surface area contributed by atoms with Gasteiger partial charge in [-0.05, 0) is 47.1 Å². The van der Waals surface area contributed by atoms with Gasteiger partial charge in [-0.2, -0.15) is 5.10 Å². The Morgan fingerprint density at radius 1 is 0.750 bits per heavy atom. The van der Waals surface area contributed by atoms with E-state index < -0.39 is 0 Å². The number of hydrogen-bond acceptors (Lipinski definition) is 3. The van der Waals surface area contributed by atoms with Crippen molar-refractivity contribution in [2.75, 3.05) is 0 Å². The highest BCUT2D eigenvalue weighted by molar-refractivity contribution is 5.20. The van der Waals surface area contributed by atoms with Gasteiger partial charge in [0.15, 0.2) is 0 Å². The zero-order valence-corrected chi connectivity index (χ0v) is 14.8. The van der Waals surface area contributed by atoms with Crippen LogP contribution in [-0.4, -0.2) is 15.4 Å². The first kappa shape index (κ1) is 20.7. The second-order valence-electron chi connectivity index (χ2n) is 4.01. The van der Waals surface area contributed by atoms with Crippen LogP contribution in [0.4, 0.5) is 0 Å². The number of nitrogens with one attached hydrogen (secondary N) is 1. The summed E-state index contributed by atoms with van der Waals surface area (Å²) >= 11 is 0. The van der Waals surface area contributed by atoms with Gasteiger partial charge in [0.05, 0.1) is 11.4 Å². The van der Waals surface area contributed by atoms with Crippen molar-refractivity contribution in [1.82, 2.24) is 15.4 Å². The van der Waals surface area contributed by atoms with Gasteiger partial charge < -0.3 is 4.52 Å². The lowest BCUT2D eigenvalue weighted by molar-refractivity contribution is 0.392. The van der Waals surface area contributed by atoms with Crippen LogP contribution in [0, 0.1) is 41.5 Å². The fraction of sp³-hybridized carbons (Fsp3) is 0.625. The molecule has 2 heterocycles. The number of aromatic amines is 1. The topological polar surface area (TPSA) is 54.7 Å². The summed E-state index contributed by atoms with van der Waals surface area (Å²) < 4.78 is 4.84. The van der Waals surface area contributed by atoms with E-state index in [1.807, 2.05) is 62.3 Å². The maximum atomic E-state index is 4.84. The molecule has 0 bridgehead atoms. The number of aryl methyl sites for hydroxylation is 4. The van der Waals surface area contributed by atoms with Crippen LogP contribution < -0.4 is 0 Å². The first-order valence-corrected chi connectivity index (χ1v) is 7.31. The fourth-order valence-electron chi connectivity index (χ4n) is 1.14. The summed E-state index contributed by atoms with van der Waals surface area (Å²) in [7, 11) is 0. The highest BCUT2D eigenvalue weighted by Gasteiger charge is 2.00. The molecule has 0 aromatic carbocycles. The molecule has 0 aliphatic carbocycles. The number of aromatic nitrogens is 3. The Labute approximate surface area is 124 Å². The molecule has 0 atom stereocenters. The molecule has 2 aromatic rings. The molecule has 0 fully saturated rings. The van der Waals surface area contributed by atoms with E-state index in [2.05, 4.69) is 22.3 Å². The summed E-state index contributed by atoms with van der Waals surface area (Å²) in [5, 5.41) is 10.6. The van der Waals surface area contributed by atoms with Crippen molar-refractivity contribution in [2.24, 2.45) is 0 Å². The Balaban J connectivity index is 0. The van der Waals surface area contributed by atoms with Gasteiger partial charge in [0.2, 0.25) is 0 Å². The van der Waals surface area contributed by atoms with Crippen molar-refractivity contribution in [2.45, 2.75) is 69.2 Å². The van der Waals surface area contributed by atoms with Crippen molar-refractivity contribution >= 4 is 0 Å². The highest BCUT2D eigenvalue weighted by Crippen LogP contribution is 2.08. The number of nitrogens with zero attached hydrogens (tertiary/aromatic N) is 2. The monoisotopic (exact) mass is 281 g/mol. The summed E-state index contributed by atoms with van der Waals surface area (Å²) in [6.45, 7) is 19.9. The molecule has 0 spiro atoms. The van der Waals surface area contributed by atoms with Gasteiger partial charge in [0, 0.05) is 11.3 Å². The van der Waals surface area contributed by atoms with Gasteiger partial charge in [-0.3, -0.25) is 5.10 Å². The molecule has 2 rings (SSSR count). The molecule has 0 saturated carbocycles. The van der Waals surface area contributed by atoms with Crippen LogP contribution >= 0.6 is 0 Å². The smallest absolute Gasteiger partial charge is 0.136 e. The minimum absolute atomic E-state index is 0.919. The summed E-state index contributed by atoms with van der Waals surface area (Å²) in [4.78, 5) is 0. The fourth-order valence-corrected chi connectivity index (χ4v) is 1.14. The molecule has 20 heavy (non-hydrogen) atoms. The van der Waals surface area contributed by atoms with Crippen molar-refractivity contribution in [3.05, 3.63) is 34.0 Å². The largest absolute Gasteiger partial charge is 0.361 e. The van der Waals surface area contributed by atoms with Crippen molar-refractivity contribution in [1.29, 1.82) is 0 Å². The first-order chi connectivity index (χ1) is 9.43. The van der Waals surface area contributed by atoms with Crippen LogP contribution in [0.2, 0.25) is 0 Å². The zero-order valence-electron chi connectivity index (χ0n) is 14.8. The molecule has 116 valence electrons. The highest BCUT2D eigenvalue weighted by atomic mass is 16.5. The number of H-pyrrole nitrogens is 1. The maximum Gasteiger partial charge on any atom is 0.136 e. The molecule has 0 aliphatic rings. The molecule has 2 aromatic heterocycles. The van der Waals surface area contributed by atoms with E-state index in [-0.39, 0.29) is 0 Å². The van der Waals surface area contributed by atoms with E-state index in [0.717, 1.165) is 22.7 Å². The first-order valence-electron chi connectivity index (χ1n) is 7.31. The standard InChI is InChI=1S/C6H10N2.C6H9NO.2C2H6/c2*1-4-5(2)7-8-6(4)3;2*1-2/h1-3H3,(H,7,8);1-3H3;2*1-2H3. The van der Waals surface area contributed by atoms with Crippen LogP contribution in [-0.2, 0) is 0 Å². The molecule has 0 aliphatic heterocycles. The van der Waals surface area contributed by atoms with Gasteiger partial charge >= 0.3 is 0 Å². The summed E-state index contributed by atoms with van der Waals surface area (Å²) in [6, 6.07) is 0. The predicted octanol–water partition coefficient (Wildman–Crippen LogP) is 4.99. The number of rotatable bonds is 0. The normalized spacial score (nSPS) is 8.50. The summed E-state index contributed by atoms with van der Waals surface area (Å²) in [6.07, 6.45) is 0. The third-order valence-corrected chi connectivity index (χ3v) is 2.89. The summed E-state index contributed by atoms with van der Waals surface area (Å²) in [5.41, 5.74) is 5.68. The zero-order chi connectivity index (χ0) is 16.3. The van der Waals surface area contributed by atoms with E-state index in [9.17, 15) is 0 Å². The Morgan fingerprint density at radius 2 is 1.25 bits per heavy atom. The molecule has 0 amide bonds. The molecular formula is C16H31N3O. The van der Waals surface area contributed by atoms with Crippen LogP contribution in [0.25, 0.3) is 0 Å². The predicted molar refractivity (Wildman–Crippen MR) is 86.2 cm³/mol. The lowest BCUT2D eigenvalue weighted by atomic mass is 10.2. The second-order valence-corrected chi connectivity index (χ2v) is 4.01. The molecule has 4 heteroatoms. The van der Waals surface area contributed by atoms with Gasteiger partial charge in [-0.15, -0.1) is 0 Å². The van der Waals surface area contributed by atoms with Crippen molar-refractivity contribution in [3.8, 4) is 0 Å². The molecule has 0 unspecified atom stereocenters. The lowest BCUT2D eigenvalue weighted by Gasteiger charge is -1.83. The van der Waals surface area contributed by atoms with Crippen LogP contribution in [0.5, 0.6) is 0 Å². The molecule has 0 saturated heterocycles. The Hall–Kier alpha value is -1.58. The van der Waals surface area contributed by atoms with Crippen LogP contribution in [0.3, 0.4) is 0 Å². The molecule has 4 nitrogen and oxygen atoms in total. The molecule has 0 radical (unpaired) electrons.